The fourth-order valence-electron chi connectivity index (χ4n) is 3.08. The van der Waals surface area contributed by atoms with Crippen LogP contribution in [0.25, 0.3) is 4.96 Å². The van der Waals surface area contributed by atoms with Crippen LogP contribution in [-0.2, 0) is 6.54 Å². The zero-order valence-corrected chi connectivity index (χ0v) is 12.9. The van der Waals surface area contributed by atoms with Crippen LogP contribution < -0.4 is 5.32 Å². The van der Waals surface area contributed by atoms with Crippen molar-refractivity contribution in [2.45, 2.75) is 59.0 Å². The van der Waals surface area contributed by atoms with E-state index in [1.165, 1.54) is 42.8 Å². The SMILES string of the molecule is Cc1nc2scc(C)n2c1CNC1CCC(C)CC1. The van der Waals surface area contributed by atoms with E-state index in [9.17, 15) is 0 Å². The molecule has 0 aromatic carbocycles. The molecule has 104 valence electrons. The number of fused-ring (bicyclic) bond motifs is 1. The smallest absolute Gasteiger partial charge is 0.194 e. The van der Waals surface area contributed by atoms with Gasteiger partial charge in [0.25, 0.3) is 0 Å². The topological polar surface area (TPSA) is 29.3 Å². The minimum Gasteiger partial charge on any atom is -0.308 e. The van der Waals surface area contributed by atoms with Crippen LogP contribution in [0.4, 0.5) is 0 Å². The van der Waals surface area contributed by atoms with Gasteiger partial charge in [-0.3, -0.25) is 4.40 Å². The molecule has 0 unspecified atom stereocenters. The van der Waals surface area contributed by atoms with Crippen molar-refractivity contribution < 1.29 is 0 Å². The number of rotatable bonds is 3. The molecule has 0 amide bonds. The van der Waals surface area contributed by atoms with E-state index in [4.69, 9.17) is 0 Å². The highest BCUT2D eigenvalue weighted by Crippen LogP contribution is 2.25. The van der Waals surface area contributed by atoms with Crippen LogP contribution in [-0.4, -0.2) is 15.4 Å². The van der Waals surface area contributed by atoms with Crippen molar-refractivity contribution in [3.63, 3.8) is 0 Å². The molecular weight excluding hydrogens is 254 g/mol. The number of thiazole rings is 1. The van der Waals surface area contributed by atoms with Gasteiger partial charge in [-0.15, -0.1) is 11.3 Å². The van der Waals surface area contributed by atoms with Crippen molar-refractivity contribution in [1.29, 1.82) is 0 Å². The van der Waals surface area contributed by atoms with Crippen LogP contribution in [0.3, 0.4) is 0 Å². The summed E-state index contributed by atoms with van der Waals surface area (Å²) in [6, 6.07) is 0.695. The van der Waals surface area contributed by atoms with Crippen molar-refractivity contribution in [1.82, 2.24) is 14.7 Å². The van der Waals surface area contributed by atoms with Crippen LogP contribution in [0.2, 0.25) is 0 Å². The zero-order valence-electron chi connectivity index (χ0n) is 12.1. The number of imidazole rings is 1. The Hall–Kier alpha value is -0.870. The van der Waals surface area contributed by atoms with E-state index in [-0.39, 0.29) is 0 Å². The maximum atomic E-state index is 4.65. The largest absolute Gasteiger partial charge is 0.308 e. The molecule has 19 heavy (non-hydrogen) atoms. The Morgan fingerprint density at radius 1 is 1.32 bits per heavy atom. The first-order chi connectivity index (χ1) is 9.15. The Balaban J connectivity index is 1.71. The van der Waals surface area contributed by atoms with Gasteiger partial charge < -0.3 is 5.32 Å². The van der Waals surface area contributed by atoms with Crippen molar-refractivity contribution in [3.05, 3.63) is 22.5 Å². The maximum absolute atomic E-state index is 4.65. The summed E-state index contributed by atoms with van der Waals surface area (Å²) in [5, 5.41) is 5.93. The number of hydrogen-bond acceptors (Lipinski definition) is 3. The lowest BCUT2D eigenvalue weighted by atomic mass is 9.87. The second-order valence-corrected chi connectivity index (χ2v) is 6.81. The third-order valence-corrected chi connectivity index (χ3v) is 5.35. The Morgan fingerprint density at radius 2 is 2.05 bits per heavy atom. The minimum atomic E-state index is 0.695. The quantitative estimate of drug-likeness (QED) is 0.927. The summed E-state index contributed by atoms with van der Waals surface area (Å²) in [6.45, 7) is 7.61. The average Bonchev–Trinajstić information content (AvgIpc) is 2.89. The molecule has 1 aliphatic carbocycles. The van der Waals surface area contributed by atoms with E-state index in [0.29, 0.717) is 6.04 Å². The summed E-state index contributed by atoms with van der Waals surface area (Å²) in [5.41, 5.74) is 3.81. The molecule has 1 fully saturated rings. The lowest BCUT2D eigenvalue weighted by Gasteiger charge is -2.27. The normalized spacial score (nSPS) is 24.2. The molecule has 2 aromatic heterocycles. The number of hydrogen-bond donors (Lipinski definition) is 1. The first-order valence-electron chi connectivity index (χ1n) is 7.30. The van der Waals surface area contributed by atoms with Gasteiger partial charge in [0.2, 0.25) is 0 Å². The molecule has 4 heteroatoms. The monoisotopic (exact) mass is 277 g/mol. The second kappa shape index (κ2) is 5.25. The summed E-state index contributed by atoms with van der Waals surface area (Å²) < 4.78 is 2.30. The van der Waals surface area contributed by atoms with Crippen LogP contribution in [0.1, 0.15) is 49.7 Å². The summed E-state index contributed by atoms with van der Waals surface area (Å²) in [5.74, 6) is 0.917. The van der Waals surface area contributed by atoms with Crippen LogP contribution in [0, 0.1) is 19.8 Å². The lowest BCUT2D eigenvalue weighted by Crippen LogP contribution is -2.32. The Morgan fingerprint density at radius 3 is 2.79 bits per heavy atom. The van der Waals surface area contributed by atoms with Crippen molar-refractivity contribution >= 4 is 16.3 Å². The van der Waals surface area contributed by atoms with Gasteiger partial charge in [-0.2, -0.15) is 0 Å². The van der Waals surface area contributed by atoms with Crippen LogP contribution in [0.5, 0.6) is 0 Å². The molecule has 1 aliphatic rings. The summed E-state index contributed by atoms with van der Waals surface area (Å²) in [4.78, 5) is 5.78. The summed E-state index contributed by atoms with van der Waals surface area (Å²) in [7, 11) is 0. The van der Waals surface area contributed by atoms with Gasteiger partial charge in [0.15, 0.2) is 4.96 Å². The zero-order chi connectivity index (χ0) is 13.4. The first-order valence-corrected chi connectivity index (χ1v) is 8.18. The Labute approximate surface area is 119 Å². The van der Waals surface area contributed by atoms with E-state index in [0.717, 1.165) is 17.4 Å². The summed E-state index contributed by atoms with van der Waals surface area (Å²) >= 11 is 1.73. The van der Waals surface area contributed by atoms with Gasteiger partial charge >= 0.3 is 0 Å². The highest BCUT2D eigenvalue weighted by Gasteiger charge is 2.19. The van der Waals surface area contributed by atoms with Crippen LogP contribution >= 0.6 is 11.3 Å². The molecule has 1 saturated carbocycles. The first kappa shape index (κ1) is 13.1. The average molecular weight is 277 g/mol. The Kier molecular flexibility index (Phi) is 3.63. The number of nitrogens with zero attached hydrogens (tertiary/aromatic N) is 2. The molecule has 0 radical (unpaired) electrons. The highest BCUT2D eigenvalue weighted by molar-refractivity contribution is 7.15. The van der Waals surface area contributed by atoms with E-state index in [1.807, 2.05) is 0 Å². The lowest BCUT2D eigenvalue weighted by molar-refractivity contribution is 0.305. The maximum Gasteiger partial charge on any atom is 0.194 e. The fraction of sp³-hybridized carbons (Fsp3) is 0.667. The second-order valence-electron chi connectivity index (χ2n) is 5.98. The molecule has 3 rings (SSSR count). The number of nitrogens with one attached hydrogen (secondary N) is 1. The number of aromatic nitrogens is 2. The van der Waals surface area contributed by atoms with Gasteiger partial charge in [-0.05, 0) is 45.4 Å². The molecule has 2 aromatic rings. The van der Waals surface area contributed by atoms with Crippen molar-refractivity contribution in [2.75, 3.05) is 0 Å². The molecule has 2 heterocycles. The van der Waals surface area contributed by atoms with Gasteiger partial charge in [0.1, 0.15) is 0 Å². The van der Waals surface area contributed by atoms with Gasteiger partial charge in [-0.1, -0.05) is 6.92 Å². The molecule has 0 aliphatic heterocycles. The minimum absolute atomic E-state index is 0.695. The van der Waals surface area contributed by atoms with E-state index >= 15 is 0 Å². The van der Waals surface area contributed by atoms with E-state index in [2.05, 4.69) is 40.9 Å². The van der Waals surface area contributed by atoms with Gasteiger partial charge in [0, 0.05) is 23.7 Å². The number of aryl methyl sites for hydroxylation is 2. The molecule has 0 saturated heterocycles. The van der Waals surface area contributed by atoms with Crippen molar-refractivity contribution in [3.8, 4) is 0 Å². The molecule has 0 bridgehead atoms. The third kappa shape index (κ3) is 2.56. The third-order valence-electron chi connectivity index (χ3n) is 4.40. The molecule has 3 nitrogen and oxygen atoms in total. The van der Waals surface area contributed by atoms with Crippen molar-refractivity contribution in [2.24, 2.45) is 5.92 Å². The predicted molar refractivity (Wildman–Crippen MR) is 80.8 cm³/mol. The molecular formula is C15H23N3S. The van der Waals surface area contributed by atoms with Gasteiger partial charge in [-0.25, -0.2) is 4.98 Å². The predicted octanol–water partition coefficient (Wildman–Crippen LogP) is 3.68. The fourth-order valence-corrected chi connectivity index (χ4v) is 4.01. The van der Waals surface area contributed by atoms with E-state index < -0.39 is 0 Å². The molecule has 0 spiro atoms. The highest BCUT2D eigenvalue weighted by atomic mass is 32.1. The molecule has 1 N–H and O–H groups in total. The van der Waals surface area contributed by atoms with E-state index in [1.54, 1.807) is 11.3 Å². The summed E-state index contributed by atoms with van der Waals surface area (Å²) in [6.07, 6.45) is 5.39. The van der Waals surface area contributed by atoms with Crippen LogP contribution in [0.15, 0.2) is 5.38 Å². The standard InChI is InChI=1S/C15H23N3S/c1-10-4-6-13(7-5-10)16-8-14-12(3)17-15-18(14)11(2)9-19-15/h9-10,13,16H,4-8H2,1-3H3. The molecule has 0 atom stereocenters. The van der Waals surface area contributed by atoms with Gasteiger partial charge in [0.05, 0.1) is 11.4 Å². The Bertz CT molecular complexity index is 561.